The summed E-state index contributed by atoms with van der Waals surface area (Å²) in [6, 6.07) is 21.7. The fourth-order valence-corrected chi connectivity index (χ4v) is 5.67. The number of hydrogen-bond donors (Lipinski definition) is 2. The Morgan fingerprint density at radius 2 is 1.83 bits per heavy atom. The molecule has 0 spiro atoms. The zero-order valence-corrected chi connectivity index (χ0v) is 27.8. The first-order valence-electron chi connectivity index (χ1n) is 16.2. The Balaban J connectivity index is 1.59. The van der Waals surface area contributed by atoms with Gasteiger partial charge in [-0.2, -0.15) is 0 Å². The molecule has 2 amide bonds. The van der Waals surface area contributed by atoms with E-state index in [0.29, 0.717) is 42.3 Å². The summed E-state index contributed by atoms with van der Waals surface area (Å²) in [5.74, 6) is 0.708. The average Bonchev–Trinajstić information content (AvgIpc) is 3.06. The predicted molar refractivity (Wildman–Crippen MR) is 181 cm³/mol. The molecule has 0 fully saturated rings. The summed E-state index contributed by atoms with van der Waals surface area (Å²) in [6.45, 7) is 8.14. The van der Waals surface area contributed by atoms with Crippen molar-refractivity contribution in [2.45, 2.75) is 64.8 Å². The predicted octanol–water partition coefficient (Wildman–Crippen LogP) is 5.88. The molecule has 3 aromatic carbocycles. The number of carbonyl (C=O) groups excluding carboxylic acids is 2. The van der Waals surface area contributed by atoms with Gasteiger partial charge in [-0.1, -0.05) is 37.3 Å². The maximum absolute atomic E-state index is 14.4. The number of rotatable bonds is 9. The highest BCUT2D eigenvalue weighted by molar-refractivity contribution is 6.05. The van der Waals surface area contributed by atoms with Gasteiger partial charge in [-0.05, 0) is 88.2 Å². The zero-order chi connectivity index (χ0) is 33.1. The van der Waals surface area contributed by atoms with E-state index in [1.54, 1.807) is 54.5 Å². The molecule has 9 heteroatoms. The quantitative estimate of drug-likeness (QED) is 0.305. The third kappa shape index (κ3) is 9.79. The highest BCUT2D eigenvalue weighted by Crippen LogP contribution is 2.29. The molecule has 46 heavy (non-hydrogen) atoms. The van der Waals surface area contributed by atoms with Gasteiger partial charge in [-0.25, -0.2) is 0 Å². The van der Waals surface area contributed by atoms with Crippen LogP contribution < -0.4 is 14.8 Å². The van der Waals surface area contributed by atoms with Crippen LogP contribution in [0.1, 0.15) is 66.3 Å². The van der Waals surface area contributed by atoms with Gasteiger partial charge in [0.1, 0.15) is 11.5 Å². The maximum Gasteiger partial charge on any atom is 0.258 e. The fraction of sp³-hybridized carbons (Fsp3) is 0.459. The van der Waals surface area contributed by atoms with E-state index in [1.807, 2.05) is 32.0 Å². The molecule has 1 aliphatic heterocycles. The molecular weight excluding hydrogens is 582 g/mol. The highest BCUT2D eigenvalue weighted by atomic mass is 16.5. The number of likely N-dealkylation sites (N-methyl/N-ethyl adjacent to an activating group) is 1. The van der Waals surface area contributed by atoms with E-state index in [9.17, 15) is 14.7 Å². The van der Waals surface area contributed by atoms with Gasteiger partial charge in [0.15, 0.2) is 0 Å². The van der Waals surface area contributed by atoms with Crippen molar-refractivity contribution in [2.24, 2.45) is 5.92 Å². The minimum absolute atomic E-state index is 0.0385. The van der Waals surface area contributed by atoms with Crippen molar-refractivity contribution in [3.8, 4) is 11.5 Å². The summed E-state index contributed by atoms with van der Waals surface area (Å²) >= 11 is 0. The van der Waals surface area contributed by atoms with Gasteiger partial charge in [-0.15, -0.1) is 0 Å². The van der Waals surface area contributed by atoms with Gasteiger partial charge < -0.3 is 29.5 Å². The highest BCUT2D eigenvalue weighted by Gasteiger charge is 2.30. The number of anilines is 1. The molecule has 0 radical (unpaired) electrons. The lowest BCUT2D eigenvalue weighted by molar-refractivity contribution is -0.0177. The molecular formula is C37H49N3O6. The van der Waals surface area contributed by atoms with Crippen LogP contribution in [-0.2, 0) is 11.3 Å². The maximum atomic E-state index is 14.4. The van der Waals surface area contributed by atoms with Crippen molar-refractivity contribution < 1.29 is 28.9 Å². The number of benzene rings is 3. The second kappa shape index (κ2) is 17.1. The Morgan fingerprint density at radius 1 is 1.09 bits per heavy atom. The number of methoxy groups -OCH3 is 1. The summed E-state index contributed by atoms with van der Waals surface area (Å²) in [5.41, 5.74) is 2.52. The number of nitrogens with one attached hydrogen (secondary N) is 1. The zero-order valence-electron chi connectivity index (χ0n) is 27.8. The van der Waals surface area contributed by atoms with Gasteiger partial charge in [0, 0.05) is 43.4 Å². The van der Waals surface area contributed by atoms with Crippen LogP contribution in [0.3, 0.4) is 0 Å². The second-order valence-electron chi connectivity index (χ2n) is 12.4. The molecule has 3 aromatic rings. The van der Waals surface area contributed by atoms with Crippen molar-refractivity contribution in [1.29, 1.82) is 0 Å². The number of amides is 2. The molecule has 1 heterocycles. The molecule has 0 aliphatic carbocycles. The lowest BCUT2D eigenvalue weighted by Crippen LogP contribution is -2.47. The van der Waals surface area contributed by atoms with Crippen LogP contribution in [0.25, 0.3) is 0 Å². The first kappa shape index (κ1) is 34.9. The van der Waals surface area contributed by atoms with E-state index in [1.165, 1.54) is 5.56 Å². The SMILES string of the molecule is COc1ccc(CN(C)C[C@@H]2OCCCC[C@H](C)Oc3ccc(NC(=O)c4ccccc4)cc3C(=O)N([C@@H](C)CO)C[C@H]2C)cc1. The molecule has 1 aliphatic rings. The van der Waals surface area contributed by atoms with E-state index in [4.69, 9.17) is 14.2 Å². The number of ether oxygens (including phenoxy) is 3. The van der Waals surface area contributed by atoms with Crippen LogP contribution in [0.2, 0.25) is 0 Å². The molecule has 0 unspecified atom stereocenters. The molecule has 9 nitrogen and oxygen atoms in total. The number of fused-ring (bicyclic) bond motifs is 1. The van der Waals surface area contributed by atoms with Gasteiger partial charge in [0.05, 0.1) is 37.5 Å². The first-order chi connectivity index (χ1) is 22.2. The smallest absolute Gasteiger partial charge is 0.258 e. The molecule has 0 saturated carbocycles. The van der Waals surface area contributed by atoms with Gasteiger partial charge in [-0.3, -0.25) is 14.5 Å². The molecule has 0 bridgehead atoms. The minimum atomic E-state index is -0.451. The van der Waals surface area contributed by atoms with E-state index in [0.717, 1.165) is 31.6 Å². The monoisotopic (exact) mass is 631 g/mol. The van der Waals surface area contributed by atoms with Crippen molar-refractivity contribution >= 4 is 17.5 Å². The number of aliphatic hydroxyl groups excluding tert-OH is 1. The van der Waals surface area contributed by atoms with Crippen LogP contribution in [-0.4, -0.2) is 85.4 Å². The normalized spacial score (nSPS) is 20.3. The van der Waals surface area contributed by atoms with Crippen LogP contribution in [0.15, 0.2) is 72.8 Å². The standard InChI is InChI=1S/C37H49N3O6/c1-26-22-40(27(2)25-41)37(43)33-21-31(38-36(42)30-12-7-6-8-13-30)16-19-34(33)46-28(3)11-9-10-20-45-35(26)24-39(4)23-29-14-17-32(44-5)18-15-29/h6-8,12-19,21,26-28,35,41H,9-11,20,22-25H2,1-5H3,(H,38,42)/t26-,27+,28+,35+/m1/s1. The number of aliphatic hydroxyl groups is 1. The van der Waals surface area contributed by atoms with Crippen molar-refractivity contribution in [2.75, 3.05) is 45.8 Å². The number of hydrogen-bond acceptors (Lipinski definition) is 7. The Labute approximate surface area is 273 Å². The average molecular weight is 632 g/mol. The van der Waals surface area contributed by atoms with Crippen LogP contribution in [0.5, 0.6) is 11.5 Å². The van der Waals surface area contributed by atoms with Gasteiger partial charge in [0.2, 0.25) is 0 Å². The van der Waals surface area contributed by atoms with Gasteiger partial charge in [0.25, 0.3) is 11.8 Å². The van der Waals surface area contributed by atoms with Crippen molar-refractivity contribution in [3.63, 3.8) is 0 Å². The fourth-order valence-electron chi connectivity index (χ4n) is 5.67. The van der Waals surface area contributed by atoms with Crippen molar-refractivity contribution in [3.05, 3.63) is 89.5 Å². The molecule has 0 saturated heterocycles. The molecule has 4 atom stereocenters. The third-order valence-corrected chi connectivity index (χ3v) is 8.45. The second-order valence-corrected chi connectivity index (χ2v) is 12.4. The Hall–Kier alpha value is -3.92. The van der Waals surface area contributed by atoms with E-state index >= 15 is 0 Å². The first-order valence-corrected chi connectivity index (χ1v) is 16.2. The van der Waals surface area contributed by atoms with E-state index in [2.05, 4.69) is 36.3 Å². The summed E-state index contributed by atoms with van der Waals surface area (Å²) in [6.07, 6.45) is 2.35. The number of nitrogens with zero attached hydrogens (tertiary/aromatic N) is 2. The van der Waals surface area contributed by atoms with Crippen LogP contribution >= 0.6 is 0 Å². The minimum Gasteiger partial charge on any atom is -0.497 e. The lowest BCUT2D eigenvalue weighted by Gasteiger charge is -2.36. The lowest BCUT2D eigenvalue weighted by atomic mass is 10.0. The van der Waals surface area contributed by atoms with E-state index in [-0.39, 0.29) is 36.5 Å². The molecule has 4 rings (SSSR count). The molecule has 248 valence electrons. The molecule has 2 N–H and O–H groups in total. The topological polar surface area (TPSA) is 101 Å². The number of carbonyl (C=O) groups is 2. The van der Waals surface area contributed by atoms with Crippen LogP contribution in [0, 0.1) is 5.92 Å². The third-order valence-electron chi connectivity index (χ3n) is 8.45. The van der Waals surface area contributed by atoms with Crippen molar-refractivity contribution in [1.82, 2.24) is 9.80 Å². The molecule has 0 aromatic heterocycles. The summed E-state index contributed by atoms with van der Waals surface area (Å²) in [7, 11) is 3.74. The van der Waals surface area contributed by atoms with Crippen LogP contribution in [0.4, 0.5) is 5.69 Å². The summed E-state index contributed by atoms with van der Waals surface area (Å²) < 4.78 is 18.1. The summed E-state index contributed by atoms with van der Waals surface area (Å²) in [5, 5.41) is 13.2. The largest absolute Gasteiger partial charge is 0.497 e. The Kier molecular flexibility index (Phi) is 13.0. The Bertz CT molecular complexity index is 1400. The Morgan fingerprint density at radius 3 is 2.52 bits per heavy atom. The van der Waals surface area contributed by atoms with E-state index < -0.39 is 6.04 Å². The van der Waals surface area contributed by atoms with Gasteiger partial charge >= 0.3 is 0 Å². The summed E-state index contributed by atoms with van der Waals surface area (Å²) in [4.78, 5) is 31.2.